The molecule has 0 spiro atoms. The highest BCUT2D eigenvalue weighted by Crippen LogP contribution is 2.29. The maximum Gasteiger partial charge on any atom is 0.255 e. The van der Waals surface area contributed by atoms with Crippen molar-refractivity contribution in [1.29, 1.82) is 0 Å². The van der Waals surface area contributed by atoms with E-state index in [1.807, 2.05) is 30.0 Å². The largest absolute Gasteiger partial charge is 0.359 e. The number of nitrogens with one attached hydrogen (secondary N) is 2. The van der Waals surface area contributed by atoms with E-state index in [0.29, 0.717) is 29.4 Å². The molecule has 0 bridgehead atoms. The summed E-state index contributed by atoms with van der Waals surface area (Å²) in [5.41, 5.74) is 3.11. The van der Waals surface area contributed by atoms with Gasteiger partial charge in [0.2, 0.25) is 5.91 Å². The molecule has 1 saturated heterocycles. The first-order valence-electron chi connectivity index (χ1n) is 7.72. The van der Waals surface area contributed by atoms with Crippen molar-refractivity contribution in [3.05, 3.63) is 58.6 Å². The molecule has 6 heteroatoms. The summed E-state index contributed by atoms with van der Waals surface area (Å²) in [6, 6.07) is 12.7. The number of hydrogen-bond acceptors (Lipinski definition) is 3. The van der Waals surface area contributed by atoms with E-state index in [-0.39, 0.29) is 18.4 Å². The summed E-state index contributed by atoms with van der Waals surface area (Å²) in [5, 5.41) is 6.12. The third kappa shape index (κ3) is 3.68. The maximum atomic E-state index is 12.2. The Morgan fingerprint density at radius 1 is 1.21 bits per heavy atom. The van der Waals surface area contributed by atoms with Crippen LogP contribution in [-0.2, 0) is 4.79 Å². The number of amides is 2. The molecule has 1 heterocycles. The molecule has 1 fully saturated rings. The van der Waals surface area contributed by atoms with E-state index in [2.05, 4.69) is 10.6 Å². The number of halogens is 1. The van der Waals surface area contributed by atoms with Gasteiger partial charge in [-0.1, -0.05) is 29.3 Å². The van der Waals surface area contributed by atoms with Crippen molar-refractivity contribution >= 4 is 34.8 Å². The van der Waals surface area contributed by atoms with Gasteiger partial charge in [0, 0.05) is 24.3 Å². The molecular formula is C18H18ClN3O2. The zero-order chi connectivity index (χ0) is 17.1. The molecule has 1 aliphatic rings. The van der Waals surface area contributed by atoms with Gasteiger partial charge >= 0.3 is 0 Å². The fourth-order valence-electron chi connectivity index (χ4n) is 2.59. The number of nitrogens with zero attached hydrogens (tertiary/aromatic N) is 1. The van der Waals surface area contributed by atoms with Crippen molar-refractivity contribution < 1.29 is 9.59 Å². The second-order valence-corrected chi connectivity index (χ2v) is 6.17. The van der Waals surface area contributed by atoms with Crippen LogP contribution in [0.4, 0.5) is 11.4 Å². The number of benzene rings is 2. The van der Waals surface area contributed by atoms with E-state index >= 15 is 0 Å². The molecule has 1 aliphatic heterocycles. The molecule has 0 aromatic heterocycles. The van der Waals surface area contributed by atoms with E-state index in [1.54, 1.807) is 24.3 Å². The molecule has 0 saturated carbocycles. The number of anilines is 2. The third-order valence-electron chi connectivity index (χ3n) is 3.90. The Morgan fingerprint density at radius 3 is 2.62 bits per heavy atom. The lowest BCUT2D eigenvalue weighted by molar-refractivity contribution is -0.120. The van der Waals surface area contributed by atoms with E-state index in [1.165, 1.54) is 0 Å². The van der Waals surface area contributed by atoms with Gasteiger partial charge in [-0.15, -0.1) is 0 Å². The molecule has 0 unspecified atom stereocenters. The van der Waals surface area contributed by atoms with E-state index in [9.17, 15) is 9.59 Å². The van der Waals surface area contributed by atoms with Crippen LogP contribution in [0.5, 0.6) is 0 Å². The van der Waals surface area contributed by atoms with Gasteiger partial charge < -0.3 is 15.5 Å². The predicted octanol–water partition coefficient (Wildman–Crippen LogP) is 2.84. The Bertz CT molecular complexity index is 774. The van der Waals surface area contributed by atoms with Gasteiger partial charge in [0.25, 0.3) is 5.91 Å². The fraction of sp³-hybridized carbons (Fsp3) is 0.222. The zero-order valence-electron chi connectivity index (χ0n) is 13.3. The van der Waals surface area contributed by atoms with Crippen molar-refractivity contribution in [3.63, 3.8) is 0 Å². The predicted molar refractivity (Wildman–Crippen MR) is 95.8 cm³/mol. The average Bonchev–Trinajstić information content (AvgIpc) is 2.55. The van der Waals surface area contributed by atoms with Gasteiger partial charge in [-0.2, -0.15) is 0 Å². The van der Waals surface area contributed by atoms with Crippen LogP contribution in [0, 0.1) is 6.92 Å². The Hall–Kier alpha value is -2.53. The van der Waals surface area contributed by atoms with Crippen LogP contribution in [0.2, 0.25) is 5.02 Å². The standard InChI is InChI=1S/C18H18ClN3O2/c1-12-2-4-13(5-3-12)18(24)21-14-6-7-16(15(19)10-14)22-9-8-20-17(23)11-22/h2-7,10H,8-9,11H2,1H3,(H,20,23)(H,21,24). The first-order chi connectivity index (χ1) is 11.5. The minimum atomic E-state index is -0.184. The lowest BCUT2D eigenvalue weighted by atomic mass is 10.1. The topological polar surface area (TPSA) is 61.4 Å². The minimum absolute atomic E-state index is 0.0194. The van der Waals surface area contributed by atoms with Crippen molar-refractivity contribution in [3.8, 4) is 0 Å². The van der Waals surface area contributed by atoms with Crippen LogP contribution in [-0.4, -0.2) is 31.4 Å². The summed E-state index contributed by atoms with van der Waals surface area (Å²) in [6.07, 6.45) is 0. The Kier molecular flexibility index (Phi) is 4.71. The molecule has 0 atom stereocenters. The normalized spacial score (nSPS) is 14.2. The average molecular weight is 344 g/mol. The third-order valence-corrected chi connectivity index (χ3v) is 4.20. The molecule has 24 heavy (non-hydrogen) atoms. The van der Waals surface area contributed by atoms with E-state index in [0.717, 1.165) is 11.3 Å². The first kappa shape index (κ1) is 16.3. The fourth-order valence-corrected chi connectivity index (χ4v) is 2.89. The number of carbonyl (C=O) groups is 2. The summed E-state index contributed by atoms with van der Waals surface area (Å²) in [7, 11) is 0. The number of carbonyl (C=O) groups excluding carboxylic acids is 2. The molecule has 3 rings (SSSR count). The molecular weight excluding hydrogens is 326 g/mol. The number of rotatable bonds is 3. The zero-order valence-corrected chi connectivity index (χ0v) is 14.1. The lowest BCUT2D eigenvalue weighted by Gasteiger charge is -2.29. The quantitative estimate of drug-likeness (QED) is 0.900. The van der Waals surface area contributed by atoms with Crippen molar-refractivity contribution in [1.82, 2.24) is 5.32 Å². The van der Waals surface area contributed by atoms with Gasteiger partial charge in [0.05, 0.1) is 17.3 Å². The Morgan fingerprint density at radius 2 is 1.96 bits per heavy atom. The van der Waals surface area contributed by atoms with Gasteiger partial charge in [0.1, 0.15) is 0 Å². The van der Waals surface area contributed by atoms with Crippen LogP contribution < -0.4 is 15.5 Å². The molecule has 2 amide bonds. The van der Waals surface area contributed by atoms with Gasteiger partial charge in [-0.05, 0) is 37.3 Å². The second-order valence-electron chi connectivity index (χ2n) is 5.76. The molecule has 124 valence electrons. The Balaban J connectivity index is 1.73. The van der Waals surface area contributed by atoms with Crippen LogP contribution in [0.3, 0.4) is 0 Å². The summed E-state index contributed by atoms with van der Waals surface area (Å²) >= 11 is 6.34. The monoisotopic (exact) mass is 343 g/mol. The van der Waals surface area contributed by atoms with Crippen LogP contribution in [0.1, 0.15) is 15.9 Å². The SMILES string of the molecule is Cc1ccc(C(=O)Nc2ccc(N3CCNC(=O)C3)c(Cl)c2)cc1. The summed E-state index contributed by atoms with van der Waals surface area (Å²) in [5.74, 6) is -0.203. The van der Waals surface area contributed by atoms with Crippen LogP contribution in [0.25, 0.3) is 0 Å². The lowest BCUT2D eigenvalue weighted by Crippen LogP contribution is -2.47. The van der Waals surface area contributed by atoms with Crippen molar-refractivity contribution in [2.75, 3.05) is 29.9 Å². The molecule has 0 aliphatic carbocycles. The first-order valence-corrected chi connectivity index (χ1v) is 8.10. The second kappa shape index (κ2) is 6.93. The van der Waals surface area contributed by atoms with Crippen LogP contribution in [0.15, 0.2) is 42.5 Å². The molecule has 2 N–H and O–H groups in total. The summed E-state index contributed by atoms with van der Waals surface area (Å²) in [4.78, 5) is 25.7. The van der Waals surface area contributed by atoms with E-state index < -0.39 is 0 Å². The van der Waals surface area contributed by atoms with E-state index in [4.69, 9.17) is 11.6 Å². The number of piperazine rings is 1. The molecule has 2 aromatic carbocycles. The molecule has 2 aromatic rings. The smallest absolute Gasteiger partial charge is 0.255 e. The van der Waals surface area contributed by atoms with Crippen molar-refractivity contribution in [2.24, 2.45) is 0 Å². The van der Waals surface area contributed by atoms with Gasteiger partial charge in [-0.3, -0.25) is 9.59 Å². The summed E-state index contributed by atoms with van der Waals surface area (Å²) in [6.45, 7) is 3.57. The van der Waals surface area contributed by atoms with Crippen molar-refractivity contribution in [2.45, 2.75) is 6.92 Å². The highest BCUT2D eigenvalue weighted by atomic mass is 35.5. The highest BCUT2D eigenvalue weighted by molar-refractivity contribution is 6.33. The minimum Gasteiger partial charge on any atom is -0.359 e. The number of hydrogen-bond donors (Lipinski definition) is 2. The molecule has 0 radical (unpaired) electrons. The highest BCUT2D eigenvalue weighted by Gasteiger charge is 2.19. The van der Waals surface area contributed by atoms with Crippen LogP contribution >= 0.6 is 11.6 Å². The summed E-state index contributed by atoms with van der Waals surface area (Å²) < 4.78 is 0. The number of aryl methyl sites for hydroxylation is 1. The molecule has 5 nitrogen and oxygen atoms in total. The Labute approximate surface area is 145 Å². The maximum absolute atomic E-state index is 12.2. The van der Waals surface area contributed by atoms with Gasteiger partial charge in [0.15, 0.2) is 0 Å². The van der Waals surface area contributed by atoms with Gasteiger partial charge in [-0.25, -0.2) is 0 Å².